The zero-order chi connectivity index (χ0) is 14.1. The third-order valence-corrected chi connectivity index (χ3v) is 3.02. The Hall–Kier alpha value is -0.810. The summed E-state index contributed by atoms with van der Waals surface area (Å²) in [5.41, 5.74) is 7.11. The number of nitrogens with two attached hydrogens (primary N) is 1. The second-order valence-electron chi connectivity index (χ2n) is 4.31. The van der Waals surface area contributed by atoms with E-state index in [4.69, 9.17) is 31.5 Å². The monoisotopic (exact) mass is 287 g/mol. The van der Waals surface area contributed by atoms with Gasteiger partial charge in [0.2, 0.25) is 0 Å². The summed E-state index contributed by atoms with van der Waals surface area (Å²) < 4.78 is 15.6. The Balaban J connectivity index is 2.39. The number of rotatable bonds is 9. The van der Waals surface area contributed by atoms with Gasteiger partial charge in [0.1, 0.15) is 5.75 Å². The van der Waals surface area contributed by atoms with Crippen LogP contribution in [0.3, 0.4) is 0 Å². The summed E-state index contributed by atoms with van der Waals surface area (Å²) in [7, 11) is 3.30. The van der Waals surface area contributed by atoms with E-state index in [-0.39, 0.29) is 6.04 Å². The number of halogens is 1. The van der Waals surface area contributed by atoms with Crippen LogP contribution >= 0.6 is 11.6 Å². The molecular formula is C14H22ClNO3. The van der Waals surface area contributed by atoms with Crippen molar-refractivity contribution < 1.29 is 14.2 Å². The van der Waals surface area contributed by atoms with Crippen LogP contribution in [0, 0.1) is 0 Å². The van der Waals surface area contributed by atoms with Gasteiger partial charge in [-0.25, -0.2) is 0 Å². The number of hydrogen-bond donors (Lipinski definition) is 1. The van der Waals surface area contributed by atoms with Crippen LogP contribution in [0.5, 0.6) is 5.75 Å². The maximum atomic E-state index is 6.08. The normalized spacial score (nSPS) is 12.4. The molecule has 1 atom stereocenters. The summed E-state index contributed by atoms with van der Waals surface area (Å²) >= 11 is 5.98. The molecule has 0 amide bonds. The average molecular weight is 288 g/mol. The van der Waals surface area contributed by atoms with Gasteiger partial charge in [-0.1, -0.05) is 11.6 Å². The van der Waals surface area contributed by atoms with Crippen molar-refractivity contribution in [3.8, 4) is 5.75 Å². The van der Waals surface area contributed by atoms with Crippen molar-refractivity contribution in [1.82, 2.24) is 0 Å². The molecule has 0 aliphatic heterocycles. The lowest BCUT2D eigenvalue weighted by Crippen LogP contribution is -2.25. The number of methoxy groups -OCH3 is 2. The SMILES string of the molecule is COCCOCCC(N)Cc1cc(Cl)ccc1OC. The van der Waals surface area contributed by atoms with Crippen molar-refractivity contribution >= 4 is 11.6 Å². The molecule has 1 aromatic carbocycles. The van der Waals surface area contributed by atoms with Gasteiger partial charge in [0.25, 0.3) is 0 Å². The molecule has 1 unspecified atom stereocenters. The van der Waals surface area contributed by atoms with Gasteiger partial charge in [-0.2, -0.15) is 0 Å². The zero-order valence-corrected chi connectivity index (χ0v) is 12.3. The topological polar surface area (TPSA) is 53.7 Å². The Kier molecular flexibility index (Phi) is 7.82. The predicted octanol–water partition coefficient (Wildman–Crippen LogP) is 2.27. The fourth-order valence-electron chi connectivity index (χ4n) is 1.77. The first kappa shape index (κ1) is 16.2. The van der Waals surface area contributed by atoms with Gasteiger partial charge >= 0.3 is 0 Å². The summed E-state index contributed by atoms with van der Waals surface area (Å²) in [6, 6.07) is 5.59. The van der Waals surface area contributed by atoms with Crippen LogP contribution in [0.1, 0.15) is 12.0 Å². The first-order chi connectivity index (χ1) is 9.17. The standard InChI is InChI=1S/C14H22ClNO3/c1-17-7-8-19-6-5-13(16)10-11-9-12(15)3-4-14(11)18-2/h3-4,9,13H,5-8,10,16H2,1-2H3. The molecule has 108 valence electrons. The molecule has 4 nitrogen and oxygen atoms in total. The highest BCUT2D eigenvalue weighted by atomic mass is 35.5. The first-order valence-electron chi connectivity index (χ1n) is 6.32. The van der Waals surface area contributed by atoms with E-state index in [9.17, 15) is 0 Å². The quantitative estimate of drug-likeness (QED) is 0.708. The number of ether oxygens (including phenoxy) is 3. The second-order valence-corrected chi connectivity index (χ2v) is 4.75. The molecule has 0 aliphatic carbocycles. The van der Waals surface area contributed by atoms with Gasteiger partial charge in [0.15, 0.2) is 0 Å². The van der Waals surface area contributed by atoms with Gasteiger partial charge in [-0.3, -0.25) is 0 Å². The van der Waals surface area contributed by atoms with E-state index >= 15 is 0 Å². The van der Waals surface area contributed by atoms with Crippen molar-refractivity contribution in [3.05, 3.63) is 28.8 Å². The third kappa shape index (κ3) is 6.25. The van der Waals surface area contributed by atoms with Crippen molar-refractivity contribution in [2.75, 3.05) is 34.0 Å². The lowest BCUT2D eigenvalue weighted by Gasteiger charge is -2.14. The highest BCUT2D eigenvalue weighted by molar-refractivity contribution is 6.30. The van der Waals surface area contributed by atoms with E-state index < -0.39 is 0 Å². The lowest BCUT2D eigenvalue weighted by molar-refractivity contribution is 0.0672. The minimum absolute atomic E-state index is 0.0231. The molecule has 0 saturated heterocycles. The molecule has 0 heterocycles. The minimum Gasteiger partial charge on any atom is -0.496 e. The van der Waals surface area contributed by atoms with Crippen molar-refractivity contribution in [3.63, 3.8) is 0 Å². The molecular weight excluding hydrogens is 266 g/mol. The van der Waals surface area contributed by atoms with Crippen molar-refractivity contribution in [2.45, 2.75) is 18.9 Å². The molecule has 0 saturated carbocycles. The van der Waals surface area contributed by atoms with Crippen LogP contribution in [0.15, 0.2) is 18.2 Å². The average Bonchev–Trinajstić information content (AvgIpc) is 2.39. The summed E-state index contributed by atoms with van der Waals surface area (Å²) in [5, 5.41) is 0.694. The van der Waals surface area contributed by atoms with Crippen LogP contribution in [0.2, 0.25) is 5.02 Å². The Bertz CT molecular complexity index is 374. The van der Waals surface area contributed by atoms with E-state index in [0.29, 0.717) is 24.8 Å². The summed E-state index contributed by atoms with van der Waals surface area (Å²) in [6.07, 6.45) is 1.51. The molecule has 1 aromatic rings. The fraction of sp³-hybridized carbons (Fsp3) is 0.571. The minimum atomic E-state index is 0.0231. The molecule has 0 spiro atoms. The molecule has 0 aromatic heterocycles. The fourth-order valence-corrected chi connectivity index (χ4v) is 1.96. The first-order valence-corrected chi connectivity index (χ1v) is 6.70. The highest BCUT2D eigenvalue weighted by Gasteiger charge is 2.09. The maximum Gasteiger partial charge on any atom is 0.122 e. The van der Waals surface area contributed by atoms with Gasteiger partial charge in [0.05, 0.1) is 20.3 Å². The predicted molar refractivity (Wildman–Crippen MR) is 77.0 cm³/mol. The van der Waals surface area contributed by atoms with Crippen LogP contribution < -0.4 is 10.5 Å². The van der Waals surface area contributed by atoms with E-state index in [1.165, 1.54) is 0 Å². The summed E-state index contributed by atoms with van der Waals surface area (Å²) in [5.74, 6) is 0.820. The van der Waals surface area contributed by atoms with E-state index in [2.05, 4.69) is 0 Å². The Morgan fingerprint density at radius 3 is 2.68 bits per heavy atom. The highest BCUT2D eigenvalue weighted by Crippen LogP contribution is 2.23. The lowest BCUT2D eigenvalue weighted by atomic mass is 10.0. The van der Waals surface area contributed by atoms with Crippen molar-refractivity contribution in [1.29, 1.82) is 0 Å². The van der Waals surface area contributed by atoms with E-state index in [0.717, 1.165) is 24.2 Å². The number of benzene rings is 1. The maximum absolute atomic E-state index is 6.08. The Morgan fingerprint density at radius 1 is 1.21 bits per heavy atom. The van der Waals surface area contributed by atoms with Gasteiger partial charge in [0, 0.05) is 24.8 Å². The molecule has 2 N–H and O–H groups in total. The molecule has 5 heteroatoms. The van der Waals surface area contributed by atoms with Gasteiger partial charge in [-0.15, -0.1) is 0 Å². The van der Waals surface area contributed by atoms with Crippen LogP contribution in [-0.4, -0.2) is 40.1 Å². The Morgan fingerprint density at radius 2 is 2.00 bits per heavy atom. The molecule has 1 rings (SSSR count). The molecule has 0 fully saturated rings. The van der Waals surface area contributed by atoms with Gasteiger partial charge in [-0.05, 0) is 36.6 Å². The number of hydrogen-bond acceptors (Lipinski definition) is 4. The molecule has 19 heavy (non-hydrogen) atoms. The van der Waals surface area contributed by atoms with Gasteiger partial charge < -0.3 is 19.9 Å². The molecule has 0 radical (unpaired) electrons. The van der Waals surface area contributed by atoms with Crippen molar-refractivity contribution in [2.24, 2.45) is 5.73 Å². The second kappa shape index (κ2) is 9.15. The van der Waals surface area contributed by atoms with E-state index in [1.54, 1.807) is 14.2 Å². The summed E-state index contributed by atoms with van der Waals surface area (Å²) in [6.45, 7) is 1.84. The van der Waals surface area contributed by atoms with Crippen LogP contribution in [-0.2, 0) is 15.9 Å². The molecule has 0 aliphatic rings. The smallest absolute Gasteiger partial charge is 0.122 e. The largest absolute Gasteiger partial charge is 0.496 e. The van der Waals surface area contributed by atoms with Crippen LogP contribution in [0.4, 0.5) is 0 Å². The third-order valence-electron chi connectivity index (χ3n) is 2.79. The molecule has 0 bridgehead atoms. The zero-order valence-electron chi connectivity index (χ0n) is 11.5. The van der Waals surface area contributed by atoms with Crippen LogP contribution in [0.25, 0.3) is 0 Å². The van der Waals surface area contributed by atoms with E-state index in [1.807, 2.05) is 18.2 Å². The summed E-state index contributed by atoms with van der Waals surface area (Å²) in [4.78, 5) is 0. The Labute approximate surface area is 119 Å².